The third-order valence-corrected chi connectivity index (χ3v) is 3.85. The molecule has 1 atom stereocenters. The van der Waals surface area contributed by atoms with Crippen LogP contribution in [0.4, 0.5) is 0 Å². The maximum Gasteiger partial charge on any atom is 0.239 e. The van der Waals surface area contributed by atoms with Gasteiger partial charge in [-0.15, -0.1) is 0 Å². The molecule has 0 bridgehead atoms. The Bertz CT molecular complexity index is 213. The lowest BCUT2D eigenvalue weighted by Gasteiger charge is -2.27. The predicted molar refractivity (Wildman–Crippen MR) is 61.1 cm³/mol. The van der Waals surface area contributed by atoms with Gasteiger partial charge in [-0.05, 0) is 24.3 Å². The van der Waals surface area contributed by atoms with Gasteiger partial charge >= 0.3 is 0 Å². The van der Waals surface area contributed by atoms with Crippen LogP contribution in [0.2, 0.25) is 0 Å². The Balaban J connectivity index is 1.74. The Morgan fingerprint density at radius 1 is 1.40 bits per heavy atom. The van der Waals surface area contributed by atoms with E-state index in [2.05, 4.69) is 10.6 Å². The largest absolute Gasteiger partial charge is 0.378 e. The number of thioether (sulfide) groups is 1. The second-order valence-corrected chi connectivity index (χ2v) is 5.20. The summed E-state index contributed by atoms with van der Waals surface area (Å²) >= 11 is 1.97. The summed E-state index contributed by atoms with van der Waals surface area (Å²) in [5.41, 5.74) is 0. The van der Waals surface area contributed by atoms with Gasteiger partial charge in [0.1, 0.15) is 6.04 Å². The molecule has 4 nitrogen and oxygen atoms in total. The summed E-state index contributed by atoms with van der Waals surface area (Å²) in [6.07, 6.45) is 2.20. The first-order valence-electron chi connectivity index (χ1n) is 5.55. The first kappa shape index (κ1) is 11.2. The molecule has 0 aromatic heterocycles. The molecule has 0 radical (unpaired) electrons. The van der Waals surface area contributed by atoms with Gasteiger partial charge in [-0.25, -0.2) is 0 Å². The number of amides is 1. The van der Waals surface area contributed by atoms with Crippen LogP contribution in [-0.4, -0.2) is 49.3 Å². The lowest BCUT2D eigenvalue weighted by molar-refractivity contribution is -0.126. The number of hydrogen-bond acceptors (Lipinski definition) is 4. The Morgan fingerprint density at radius 2 is 2.20 bits per heavy atom. The number of nitrogens with one attached hydrogen (secondary N) is 2. The molecular formula is C10H18N2O2S. The monoisotopic (exact) mass is 230 g/mol. The molecule has 0 aliphatic carbocycles. The molecule has 2 N–H and O–H groups in total. The van der Waals surface area contributed by atoms with E-state index in [1.807, 2.05) is 11.8 Å². The zero-order chi connectivity index (χ0) is 10.5. The van der Waals surface area contributed by atoms with E-state index >= 15 is 0 Å². The van der Waals surface area contributed by atoms with Crippen molar-refractivity contribution in [2.45, 2.75) is 24.9 Å². The van der Waals surface area contributed by atoms with Gasteiger partial charge in [0.15, 0.2) is 0 Å². The fraction of sp³-hybridized carbons (Fsp3) is 0.900. The molecule has 2 rings (SSSR count). The van der Waals surface area contributed by atoms with Crippen LogP contribution in [0.5, 0.6) is 0 Å². The highest BCUT2D eigenvalue weighted by Crippen LogP contribution is 2.16. The average molecular weight is 230 g/mol. The third kappa shape index (κ3) is 3.36. The summed E-state index contributed by atoms with van der Waals surface area (Å²) in [7, 11) is 0. The second-order valence-electron chi connectivity index (χ2n) is 3.98. The number of rotatable bonds is 2. The Kier molecular flexibility index (Phi) is 4.29. The van der Waals surface area contributed by atoms with E-state index in [4.69, 9.17) is 4.74 Å². The molecule has 5 heteroatoms. The van der Waals surface area contributed by atoms with E-state index < -0.39 is 0 Å². The van der Waals surface area contributed by atoms with Crippen molar-refractivity contribution in [1.82, 2.24) is 10.6 Å². The van der Waals surface area contributed by atoms with Gasteiger partial charge in [0, 0.05) is 12.6 Å². The smallest absolute Gasteiger partial charge is 0.239 e. The van der Waals surface area contributed by atoms with Crippen molar-refractivity contribution in [2.24, 2.45) is 0 Å². The molecule has 86 valence electrons. The van der Waals surface area contributed by atoms with Crippen molar-refractivity contribution >= 4 is 17.7 Å². The molecular weight excluding hydrogens is 212 g/mol. The molecule has 0 aromatic carbocycles. The van der Waals surface area contributed by atoms with Crippen molar-refractivity contribution in [2.75, 3.05) is 31.3 Å². The summed E-state index contributed by atoms with van der Waals surface area (Å²) in [4.78, 5) is 11.8. The maximum atomic E-state index is 11.8. The Labute approximate surface area is 94.5 Å². The quantitative estimate of drug-likeness (QED) is 0.700. The van der Waals surface area contributed by atoms with Gasteiger partial charge in [0.25, 0.3) is 0 Å². The van der Waals surface area contributed by atoms with Crippen LogP contribution >= 0.6 is 11.8 Å². The molecule has 2 fully saturated rings. The number of morpholine rings is 1. The van der Waals surface area contributed by atoms with Gasteiger partial charge in [-0.1, -0.05) is 0 Å². The number of carbonyl (C=O) groups is 1. The van der Waals surface area contributed by atoms with Gasteiger partial charge in [-0.2, -0.15) is 11.8 Å². The number of hydrogen-bond donors (Lipinski definition) is 2. The zero-order valence-electron chi connectivity index (χ0n) is 8.83. The van der Waals surface area contributed by atoms with E-state index in [0.29, 0.717) is 19.3 Å². The van der Waals surface area contributed by atoms with Gasteiger partial charge in [0.2, 0.25) is 5.91 Å². The summed E-state index contributed by atoms with van der Waals surface area (Å²) in [5.74, 6) is 2.44. The van der Waals surface area contributed by atoms with Crippen LogP contribution in [0.15, 0.2) is 0 Å². The summed E-state index contributed by atoms with van der Waals surface area (Å²) in [6.45, 7) is 2.00. The van der Waals surface area contributed by atoms with E-state index in [1.54, 1.807) is 0 Å². The third-order valence-electron chi connectivity index (χ3n) is 2.81. The van der Waals surface area contributed by atoms with E-state index in [1.165, 1.54) is 11.5 Å². The van der Waals surface area contributed by atoms with E-state index in [9.17, 15) is 4.79 Å². The highest BCUT2D eigenvalue weighted by molar-refractivity contribution is 7.99. The van der Waals surface area contributed by atoms with Crippen molar-refractivity contribution in [1.29, 1.82) is 0 Å². The molecule has 0 aromatic rings. The molecule has 1 amide bonds. The van der Waals surface area contributed by atoms with Crippen LogP contribution in [-0.2, 0) is 9.53 Å². The van der Waals surface area contributed by atoms with E-state index in [-0.39, 0.29) is 11.9 Å². The first-order valence-corrected chi connectivity index (χ1v) is 6.71. The Hall–Kier alpha value is -0.260. The summed E-state index contributed by atoms with van der Waals surface area (Å²) in [6, 6.07) is 0.232. The predicted octanol–water partition coefficient (Wildman–Crippen LogP) is -0.0134. The number of ether oxygens (including phenoxy) is 1. The molecule has 2 saturated heterocycles. The topological polar surface area (TPSA) is 50.4 Å². The number of carbonyl (C=O) groups excluding carboxylic acids is 1. The van der Waals surface area contributed by atoms with Crippen LogP contribution in [0.3, 0.4) is 0 Å². The minimum atomic E-state index is -0.145. The SMILES string of the molecule is O=C(NC1CCSCC1)C1COCCN1. The normalized spacial score (nSPS) is 28.7. The van der Waals surface area contributed by atoms with Gasteiger partial charge in [0.05, 0.1) is 13.2 Å². The molecule has 1 unspecified atom stereocenters. The molecule has 0 spiro atoms. The van der Waals surface area contributed by atoms with E-state index in [0.717, 1.165) is 19.4 Å². The highest BCUT2D eigenvalue weighted by atomic mass is 32.2. The van der Waals surface area contributed by atoms with Gasteiger partial charge < -0.3 is 15.4 Å². The Morgan fingerprint density at radius 3 is 2.87 bits per heavy atom. The fourth-order valence-corrected chi connectivity index (χ4v) is 2.98. The van der Waals surface area contributed by atoms with Gasteiger partial charge in [-0.3, -0.25) is 4.79 Å². The van der Waals surface area contributed by atoms with Crippen molar-refractivity contribution in [3.05, 3.63) is 0 Å². The molecule has 0 saturated carbocycles. The summed E-state index contributed by atoms with van der Waals surface area (Å²) in [5, 5.41) is 6.26. The fourth-order valence-electron chi connectivity index (χ4n) is 1.88. The molecule has 15 heavy (non-hydrogen) atoms. The van der Waals surface area contributed by atoms with Crippen LogP contribution in [0.1, 0.15) is 12.8 Å². The van der Waals surface area contributed by atoms with Crippen LogP contribution in [0.25, 0.3) is 0 Å². The molecule has 2 aliphatic heterocycles. The second kappa shape index (κ2) is 5.72. The lowest BCUT2D eigenvalue weighted by atomic mass is 10.1. The first-order chi connectivity index (χ1) is 7.36. The van der Waals surface area contributed by atoms with Crippen molar-refractivity contribution in [3.63, 3.8) is 0 Å². The minimum Gasteiger partial charge on any atom is -0.378 e. The summed E-state index contributed by atoms with van der Waals surface area (Å²) < 4.78 is 5.26. The lowest BCUT2D eigenvalue weighted by Crippen LogP contribution is -2.53. The standard InChI is InChI=1S/C10H18N2O2S/c13-10(9-7-14-4-3-11-9)12-8-1-5-15-6-2-8/h8-9,11H,1-7H2,(H,12,13). The van der Waals surface area contributed by atoms with Crippen molar-refractivity contribution < 1.29 is 9.53 Å². The highest BCUT2D eigenvalue weighted by Gasteiger charge is 2.24. The zero-order valence-corrected chi connectivity index (χ0v) is 9.65. The van der Waals surface area contributed by atoms with Crippen LogP contribution in [0, 0.1) is 0 Å². The molecule has 2 heterocycles. The molecule has 2 aliphatic rings. The van der Waals surface area contributed by atoms with Crippen molar-refractivity contribution in [3.8, 4) is 0 Å². The average Bonchev–Trinajstić information content (AvgIpc) is 2.31. The van der Waals surface area contributed by atoms with Crippen LogP contribution < -0.4 is 10.6 Å². The minimum absolute atomic E-state index is 0.103. The maximum absolute atomic E-state index is 11.8.